The van der Waals surface area contributed by atoms with Crippen molar-refractivity contribution in [1.82, 2.24) is 0 Å². The molecule has 0 saturated carbocycles. The molecule has 0 amide bonds. The van der Waals surface area contributed by atoms with Crippen molar-refractivity contribution in [3.8, 4) is 0 Å². The van der Waals surface area contributed by atoms with E-state index in [0.29, 0.717) is 0 Å². The lowest BCUT2D eigenvalue weighted by Crippen LogP contribution is -2.01. The Hall–Kier alpha value is -0.730. The van der Waals surface area contributed by atoms with Crippen LogP contribution in [0.5, 0.6) is 0 Å². The summed E-state index contributed by atoms with van der Waals surface area (Å²) >= 11 is 1.93. The van der Waals surface area contributed by atoms with Crippen molar-refractivity contribution in [2.24, 2.45) is 0 Å². The van der Waals surface area contributed by atoms with E-state index >= 15 is 0 Å². The molecule has 0 aliphatic heterocycles. The van der Waals surface area contributed by atoms with Crippen LogP contribution in [0.15, 0.2) is 42.5 Å². The summed E-state index contributed by atoms with van der Waals surface area (Å²) in [6.45, 7) is 1.94. The monoisotopic (exact) mass is 236 g/mol. The van der Waals surface area contributed by atoms with Crippen LogP contribution in [0.25, 0.3) is 0 Å². The van der Waals surface area contributed by atoms with E-state index in [0.717, 1.165) is 24.3 Å². The van der Waals surface area contributed by atoms with Gasteiger partial charge in [0, 0.05) is 5.75 Å². The smallest absolute Gasteiger partial charge is 0.0721 e. The first-order valence-electron chi connectivity index (χ1n) is 5.75. The topological polar surface area (TPSA) is 20.2 Å². The highest BCUT2D eigenvalue weighted by Crippen LogP contribution is 2.14. The standard InChI is InChI=1S/C14H20OS/c1-2-7-14(15)10-6-11-16-12-13-8-4-3-5-9-13/h2-5,7-9,14-15H,6,10-12H2,1H3/b7-2+/t14-/m1/s1. The Kier molecular flexibility index (Phi) is 7.02. The van der Waals surface area contributed by atoms with Gasteiger partial charge in [-0.2, -0.15) is 11.8 Å². The second-order valence-electron chi connectivity index (χ2n) is 3.77. The summed E-state index contributed by atoms with van der Waals surface area (Å²) in [5.41, 5.74) is 1.38. The summed E-state index contributed by atoms with van der Waals surface area (Å²) < 4.78 is 0. The predicted octanol–water partition coefficient (Wildman–Crippen LogP) is 3.64. The van der Waals surface area contributed by atoms with Crippen LogP contribution in [-0.4, -0.2) is 17.0 Å². The van der Waals surface area contributed by atoms with Gasteiger partial charge in [-0.25, -0.2) is 0 Å². The van der Waals surface area contributed by atoms with Crippen molar-refractivity contribution >= 4 is 11.8 Å². The molecule has 16 heavy (non-hydrogen) atoms. The number of aliphatic hydroxyl groups is 1. The molecule has 1 aromatic rings. The van der Waals surface area contributed by atoms with Crippen molar-refractivity contribution < 1.29 is 5.11 Å². The quantitative estimate of drug-likeness (QED) is 0.576. The predicted molar refractivity (Wildman–Crippen MR) is 72.7 cm³/mol. The largest absolute Gasteiger partial charge is 0.389 e. The molecule has 0 bridgehead atoms. The number of hydrogen-bond donors (Lipinski definition) is 1. The van der Waals surface area contributed by atoms with Crippen LogP contribution in [0.4, 0.5) is 0 Å². The van der Waals surface area contributed by atoms with Gasteiger partial charge in [-0.15, -0.1) is 0 Å². The molecule has 1 N–H and O–H groups in total. The number of rotatable bonds is 7. The van der Waals surface area contributed by atoms with Crippen molar-refractivity contribution in [1.29, 1.82) is 0 Å². The Labute approximate surface area is 103 Å². The van der Waals surface area contributed by atoms with Crippen molar-refractivity contribution in [3.63, 3.8) is 0 Å². The minimum absolute atomic E-state index is 0.262. The van der Waals surface area contributed by atoms with Gasteiger partial charge in [0.2, 0.25) is 0 Å². The molecule has 1 rings (SSSR count). The summed E-state index contributed by atoms with van der Waals surface area (Å²) in [6.07, 6.45) is 5.43. The SMILES string of the molecule is C/C=C/[C@@H](O)CCCSCc1ccccc1. The molecule has 0 radical (unpaired) electrons. The summed E-state index contributed by atoms with van der Waals surface area (Å²) in [5.74, 6) is 2.18. The van der Waals surface area contributed by atoms with E-state index in [1.807, 2.05) is 36.9 Å². The van der Waals surface area contributed by atoms with E-state index in [1.54, 1.807) is 0 Å². The second-order valence-corrected chi connectivity index (χ2v) is 4.88. The lowest BCUT2D eigenvalue weighted by atomic mass is 10.2. The maximum atomic E-state index is 9.47. The maximum absolute atomic E-state index is 9.47. The molecule has 0 unspecified atom stereocenters. The third-order valence-electron chi connectivity index (χ3n) is 2.31. The van der Waals surface area contributed by atoms with Gasteiger partial charge in [-0.1, -0.05) is 42.5 Å². The van der Waals surface area contributed by atoms with Gasteiger partial charge in [0.1, 0.15) is 0 Å². The first kappa shape index (κ1) is 13.3. The number of benzene rings is 1. The zero-order valence-electron chi connectivity index (χ0n) is 9.80. The molecular weight excluding hydrogens is 216 g/mol. The van der Waals surface area contributed by atoms with E-state index < -0.39 is 0 Å². The maximum Gasteiger partial charge on any atom is 0.0721 e. The van der Waals surface area contributed by atoms with Crippen LogP contribution >= 0.6 is 11.8 Å². The molecule has 0 aromatic heterocycles. The minimum Gasteiger partial charge on any atom is -0.389 e. The first-order chi connectivity index (χ1) is 7.83. The number of allylic oxidation sites excluding steroid dienone is 1. The van der Waals surface area contributed by atoms with Crippen LogP contribution in [0.2, 0.25) is 0 Å². The van der Waals surface area contributed by atoms with Gasteiger partial charge < -0.3 is 5.11 Å². The molecule has 0 spiro atoms. The van der Waals surface area contributed by atoms with Gasteiger partial charge in [0.15, 0.2) is 0 Å². The number of aliphatic hydroxyl groups excluding tert-OH is 1. The number of thioether (sulfide) groups is 1. The normalized spacial score (nSPS) is 13.1. The fraction of sp³-hybridized carbons (Fsp3) is 0.429. The van der Waals surface area contributed by atoms with Crippen LogP contribution < -0.4 is 0 Å². The third-order valence-corrected chi connectivity index (χ3v) is 3.43. The minimum atomic E-state index is -0.262. The van der Waals surface area contributed by atoms with Crippen molar-refractivity contribution in [2.75, 3.05) is 5.75 Å². The summed E-state index contributed by atoms with van der Waals surface area (Å²) in [6, 6.07) is 10.5. The Morgan fingerprint density at radius 1 is 1.31 bits per heavy atom. The molecule has 0 fully saturated rings. The van der Waals surface area contributed by atoms with Gasteiger partial charge in [0.05, 0.1) is 6.10 Å². The summed E-state index contributed by atoms with van der Waals surface area (Å²) in [7, 11) is 0. The highest BCUT2D eigenvalue weighted by Gasteiger charge is 1.98. The molecular formula is C14H20OS. The fourth-order valence-electron chi connectivity index (χ4n) is 1.48. The Morgan fingerprint density at radius 3 is 2.75 bits per heavy atom. The third kappa shape index (κ3) is 5.99. The van der Waals surface area contributed by atoms with Gasteiger partial charge in [-0.05, 0) is 31.1 Å². The van der Waals surface area contributed by atoms with Gasteiger partial charge >= 0.3 is 0 Å². The zero-order chi connectivity index (χ0) is 11.6. The molecule has 1 atom stereocenters. The van der Waals surface area contributed by atoms with Gasteiger partial charge in [-0.3, -0.25) is 0 Å². The molecule has 0 aliphatic rings. The lowest BCUT2D eigenvalue weighted by Gasteiger charge is -2.05. The summed E-state index contributed by atoms with van der Waals surface area (Å²) in [4.78, 5) is 0. The average Bonchev–Trinajstić information content (AvgIpc) is 2.30. The average molecular weight is 236 g/mol. The molecule has 0 saturated heterocycles. The molecule has 2 heteroatoms. The highest BCUT2D eigenvalue weighted by molar-refractivity contribution is 7.98. The lowest BCUT2D eigenvalue weighted by molar-refractivity contribution is 0.212. The van der Waals surface area contributed by atoms with Crippen molar-refractivity contribution in [3.05, 3.63) is 48.0 Å². The Balaban J connectivity index is 2.04. The highest BCUT2D eigenvalue weighted by atomic mass is 32.2. The molecule has 1 aromatic carbocycles. The van der Waals surface area contributed by atoms with Crippen LogP contribution in [0, 0.1) is 0 Å². The summed E-state index contributed by atoms with van der Waals surface area (Å²) in [5, 5.41) is 9.47. The fourth-order valence-corrected chi connectivity index (χ4v) is 2.42. The molecule has 0 heterocycles. The molecule has 88 valence electrons. The van der Waals surface area contributed by atoms with E-state index in [2.05, 4.69) is 24.3 Å². The molecule has 0 aliphatic carbocycles. The molecule has 1 nitrogen and oxygen atoms in total. The van der Waals surface area contributed by atoms with Crippen LogP contribution in [-0.2, 0) is 5.75 Å². The van der Waals surface area contributed by atoms with Gasteiger partial charge in [0.25, 0.3) is 0 Å². The zero-order valence-corrected chi connectivity index (χ0v) is 10.6. The van der Waals surface area contributed by atoms with Crippen molar-refractivity contribution in [2.45, 2.75) is 31.6 Å². The van der Waals surface area contributed by atoms with E-state index in [-0.39, 0.29) is 6.10 Å². The Bertz CT molecular complexity index is 295. The van der Waals surface area contributed by atoms with Crippen LogP contribution in [0.3, 0.4) is 0 Å². The van der Waals surface area contributed by atoms with E-state index in [9.17, 15) is 5.11 Å². The number of hydrogen-bond acceptors (Lipinski definition) is 2. The first-order valence-corrected chi connectivity index (χ1v) is 6.91. The van der Waals surface area contributed by atoms with E-state index in [1.165, 1.54) is 5.56 Å². The van der Waals surface area contributed by atoms with Crippen LogP contribution in [0.1, 0.15) is 25.3 Å². The second kappa shape index (κ2) is 8.43. The Morgan fingerprint density at radius 2 is 2.06 bits per heavy atom. The van der Waals surface area contributed by atoms with E-state index in [4.69, 9.17) is 0 Å².